The Balaban J connectivity index is 2.25. The van der Waals surface area contributed by atoms with E-state index in [9.17, 15) is 13.9 Å². The minimum atomic E-state index is -1.07. The van der Waals surface area contributed by atoms with Crippen LogP contribution in [0.1, 0.15) is 17.2 Å². The molecule has 0 saturated heterocycles. The fourth-order valence-corrected chi connectivity index (χ4v) is 2.21. The molecule has 0 aliphatic heterocycles. The first kappa shape index (κ1) is 13.2. The minimum absolute atomic E-state index is 0.0225. The lowest BCUT2D eigenvalue weighted by molar-refractivity contribution is 0.172. The van der Waals surface area contributed by atoms with Crippen LogP contribution in [0.15, 0.2) is 46.9 Å². The Kier molecular flexibility index (Phi) is 4.09. The van der Waals surface area contributed by atoms with Crippen LogP contribution in [-0.4, -0.2) is 5.11 Å². The van der Waals surface area contributed by atoms with Crippen LogP contribution < -0.4 is 0 Å². The van der Waals surface area contributed by atoms with Gasteiger partial charge in [-0.05, 0) is 17.7 Å². The molecule has 1 unspecified atom stereocenters. The van der Waals surface area contributed by atoms with Gasteiger partial charge in [0.2, 0.25) is 0 Å². The predicted octanol–water partition coefficient (Wildman–Crippen LogP) is 4.00. The topological polar surface area (TPSA) is 20.2 Å². The molecule has 2 aromatic carbocycles. The van der Waals surface area contributed by atoms with E-state index in [-0.39, 0.29) is 12.0 Å². The zero-order valence-electron chi connectivity index (χ0n) is 9.41. The summed E-state index contributed by atoms with van der Waals surface area (Å²) in [4.78, 5) is 0. The average molecular weight is 313 g/mol. The zero-order valence-corrected chi connectivity index (χ0v) is 11.0. The van der Waals surface area contributed by atoms with Gasteiger partial charge in [-0.25, -0.2) is 8.78 Å². The molecule has 2 aromatic rings. The van der Waals surface area contributed by atoms with E-state index in [0.717, 1.165) is 16.1 Å². The molecular formula is C14H11BrF2O. The fourth-order valence-electron chi connectivity index (χ4n) is 1.76. The molecule has 0 saturated carbocycles. The highest BCUT2D eigenvalue weighted by atomic mass is 79.9. The van der Waals surface area contributed by atoms with Crippen LogP contribution in [0.3, 0.4) is 0 Å². The Labute approximate surface area is 112 Å². The van der Waals surface area contributed by atoms with Crippen LogP contribution >= 0.6 is 15.9 Å². The molecule has 1 N–H and O–H groups in total. The lowest BCUT2D eigenvalue weighted by atomic mass is 10.0. The number of hydrogen-bond acceptors (Lipinski definition) is 1. The summed E-state index contributed by atoms with van der Waals surface area (Å²) in [6, 6.07) is 11.1. The van der Waals surface area contributed by atoms with Crippen molar-refractivity contribution in [3.8, 4) is 0 Å². The number of halogens is 3. The summed E-state index contributed by atoms with van der Waals surface area (Å²) in [7, 11) is 0. The largest absolute Gasteiger partial charge is 0.388 e. The van der Waals surface area contributed by atoms with E-state index in [1.807, 2.05) is 24.3 Å². The molecule has 0 heterocycles. The quantitative estimate of drug-likeness (QED) is 0.908. The summed E-state index contributed by atoms with van der Waals surface area (Å²) in [6.45, 7) is 0. The highest BCUT2D eigenvalue weighted by molar-refractivity contribution is 9.10. The van der Waals surface area contributed by atoms with Crippen LogP contribution in [0.5, 0.6) is 0 Å². The molecule has 0 bridgehead atoms. The highest BCUT2D eigenvalue weighted by Gasteiger charge is 2.16. The van der Waals surface area contributed by atoms with Gasteiger partial charge < -0.3 is 5.11 Å². The van der Waals surface area contributed by atoms with E-state index in [1.54, 1.807) is 0 Å². The second kappa shape index (κ2) is 5.59. The molecule has 4 heteroatoms. The van der Waals surface area contributed by atoms with Crippen molar-refractivity contribution in [1.82, 2.24) is 0 Å². The average Bonchev–Trinajstić information content (AvgIpc) is 2.35. The van der Waals surface area contributed by atoms with Gasteiger partial charge in [0.1, 0.15) is 0 Å². The molecule has 1 atom stereocenters. The molecular weight excluding hydrogens is 302 g/mol. The maximum atomic E-state index is 13.5. The molecule has 0 aliphatic rings. The van der Waals surface area contributed by atoms with Crippen molar-refractivity contribution in [2.45, 2.75) is 12.5 Å². The van der Waals surface area contributed by atoms with E-state index in [1.165, 1.54) is 12.1 Å². The van der Waals surface area contributed by atoms with Gasteiger partial charge in [0.25, 0.3) is 0 Å². The van der Waals surface area contributed by atoms with E-state index in [0.29, 0.717) is 0 Å². The van der Waals surface area contributed by atoms with E-state index < -0.39 is 17.7 Å². The van der Waals surface area contributed by atoms with Gasteiger partial charge >= 0.3 is 0 Å². The number of rotatable bonds is 3. The molecule has 0 amide bonds. The molecule has 0 fully saturated rings. The Morgan fingerprint density at radius 1 is 1.06 bits per heavy atom. The van der Waals surface area contributed by atoms with Crippen molar-refractivity contribution >= 4 is 15.9 Å². The summed E-state index contributed by atoms with van der Waals surface area (Å²) in [5, 5.41) is 9.98. The van der Waals surface area contributed by atoms with Crippen molar-refractivity contribution < 1.29 is 13.9 Å². The lowest BCUT2D eigenvalue weighted by Crippen LogP contribution is -2.06. The van der Waals surface area contributed by atoms with Gasteiger partial charge in [0, 0.05) is 16.5 Å². The summed E-state index contributed by atoms with van der Waals surface area (Å²) in [6.07, 6.45) is -0.846. The minimum Gasteiger partial charge on any atom is -0.388 e. The fraction of sp³-hybridized carbons (Fsp3) is 0.143. The number of hydrogen-bond donors (Lipinski definition) is 1. The van der Waals surface area contributed by atoms with Crippen molar-refractivity contribution in [2.24, 2.45) is 0 Å². The van der Waals surface area contributed by atoms with E-state index in [4.69, 9.17) is 0 Å². The van der Waals surface area contributed by atoms with Crippen LogP contribution in [0.4, 0.5) is 8.78 Å². The lowest BCUT2D eigenvalue weighted by Gasteiger charge is -2.13. The van der Waals surface area contributed by atoms with Gasteiger partial charge in [-0.1, -0.05) is 46.3 Å². The third-order valence-electron chi connectivity index (χ3n) is 2.71. The van der Waals surface area contributed by atoms with Gasteiger partial charge in [-0.15, -0.1) is 0 Å². The standard InChI is InChI=1S/C14H11BrF2O/c15-11-6-2-1-4-9(11)8-13(18)10-5-3-7-12(16)14(10)17/h1-7,13,18H,8H2. The summed E-state index contributed by atoms with van der Waals surface area (Å²) >= 11 is 3.35. The van der Waals surface area contributed by atoms with Crippen molar-refractivity contribution in [1.29, 1.82) is 0 Å². The second-order valence-electron chi connectivity index (χ2n) is 3.95. The molecule has 0 radical (unpaired) electrons. The molecule has 1 nitrogen and oxygen atoms in total. The summed E-state index contributed by atoms with van der Waals surface area (Å²) in [5.74, 6) is -1.93. The van der Waals surface area contributed by atoms with Gasteiger partial charge in [0.15, 0.2) is 11.6 Å². The Morgan fingerprint density at radius 3 is 2.50 bits per heavy atom. The van der Waals surface area contributed by atoms with Crippen LogP contribution in [-0.2, 0) is 6.42 Å². The first-order valence-electron chi connectivity index (χ1n) is 5.45. The van der Waals surface area contributed by atoms with Gasteiger partial charge in [0.05, 0.1) is 6.10 Å². The zero-order chi connectivity index (χ0) is 13.1. The van der Waals surface area contributed by atoms with Crippen molar-refractivity contribution in [3.63, 3.8) is 0 Å². The normalized spacial score (nSPS) is 12.4. The smallest absolute Gasteiger partial charge is 0.164 e. The maximum absolute atomic E-state index is 13.5. The van der Waals surface area contributed by atoms with Crippen LogP contribution in [0, 0.1) is 11.6 Å². The second-order valence-corrected chi connectivity index (χ2v) is 4.81. The third kappa shape index (κ3) is 2.76. The maximum Gasteiger partial charge on any atom is 0.164 e. The molecule has 0 aromatic heterocycles. The monoisotopic (exact) mass is 312 g/mol. The molecule has 2 rings (SSSR count). The molecule has 18 heavy (non-hydrogen) atoms. The number of aliphatic hydroxyl groups is 1. The van der Waals surface area contributed by atoms with E-state index >= 15 is 0 Å². The first-order chi connectivity index (χ1) is 8.59. The Hall–Kier alpha value is -1.26. The van der Waals surface area contributed by atoms with Crippen molar-refractivity contribution in [2.75, 3.05) is 0 Å². The third-order valence-corrected chi connectivity index (χ3v) is 3.49. The number of aliphatic hydroxyl groups excluding tert-OH is 1. The van der Waals surface area contributed by atoms with Gasteiger partial charge in [-0.3, -0.25) is 0 Å². The SMILES string of the molecule is OC(Cc1ccccc1Br)c1cccc(F)c1F. The molecule has 0 aliphatic carbocycles. The predicted molar refractivity (Wildman–Crippen MR) is 69.2 cm³/mol. The summed E-state index contributed by atoms with van der Waals surface area (Å²) in [5.41, 5.74) is 0.819. The van der Waals surface area contributed by atoms with Gasteiger partial charge in [-0.2, -0.15) is 0 Å². The molecule has 0 spiro atoms. The van der Waals surface area contributed by atoms with Crippen LogP contribution in [0.2, 0.25) is 0 Å². The summed E-state index contributed by atoms with van der Waals surface area (Å²) < 4.78 is 27.4. The van der Waals surface area contributed by atoms with E-state index in [2.05, 4.69) is 15.9 Å². The molecule has 94 valence electrons. The Morgan fingerprint density at radius 2 is 1.78 bits per heavy atom. The van der Waals surface area contributed by atoms with Crippen LogP contribution in [0.25, 0.3) is 0 Å². The number of benzene rings is 2. The highest BCUT2D eigenvalue weighted by Crippen LogP contribution is 2.26. The first-order valence-corrected chi connectivity index (χ1v) is 6.24. The van der Waals surface area contributed by atoms with Crippen molar-refractivity contribution in [3.05, 3.63) is 69.7 Å². The Bertz CT molecular complexity index is 557.